The lowest BCUT2D eigenvalue weighted by Crippen LogP contribution is -2.36. The van der Waals surface area contributed by atoms with E-state index in [2.05, 4.69) is 44.0 Å². The van der Waals surface area contributed by atoms with Gasteiger partial charge in [-0.25, -0.2) is 0 Å². The van der Waals surface area contributed by atoms with Gasteiger partial charge < -0.3 is 10.6 Å². The predicted octanol–water partition coefficient (Wildman–Crippen LogP) is 2.93. The Morgan fingerprint density at radius 1 is 1.38 bits per heavy atom. The molecular weight excluding hydrogens is 330 g/mol. The summed E-state index contributed by atoms with van der Waals surface area (Å²) in [7, 11) is 0. The Hall–Kier alpha value is -1.82. The van der Waals surface area contributed by atoms with E-state index in [-0.39, 0.29) is 6.04 Å². The number of guanidine groups is 1. The lowest BCUT2D eigenvalue weighted by atomic mass is 10.1. The predicted molar refractivity (Wildman–Crippen MR) is 88.4 cm³/mol. The monoisotopic (exact) mass is 347 g/mol. The molecule has 1 aliphatic rings. The molecule has 1 aromatic carbocycles. The summed E-state index contributed by atoms with van der Waals surface area (Å²) in [5, 5.41) is 4.41. The van der Waals surface area contributed by atoms with Crippen molar-refractivity contribution in [3.63, 3.8) is 0 Å². The second kappa shape index (κ2) is 5.89. The number of hydrogen-bond acceptors (Lipinski definition) is 4. The van der Waals surface area contributed by atoms with Crippen molar-refractivity contribution in [2.24, 2.45) is 10.7 Å². The number of aryl methyl sites for hydroxylation is 1. The minimum Gasteiger partial charge on any atom is -0.369 e. The molecule has 5 nitrogen and oxygen atoms in total. The molecule has 3 rings (SSSR count). The van der Waals surface area contributed by atoms with Gasteiger partial charge in [0.2, 0.25) is 0 Å². The maximum absolute atomic E-state index is 6.10. The smallest absolute Gasteiger partial charge is 0.196 e. The topological polar surface area (TPSA) is 59.4 Å². The minimum absolute atomic E-state index is 0.106. The first-order chi connectivity index (χ1) is 10.2. The van der Waals surface area contributed by atoms with Crippen LogP contribution in [0.1, 0.15) is 24.9 Å². The normalized spacial score (nSPS) is 18.1. The molecule has 2 heterocycles. The SMILES string of the molecule is CCCn1cc(C2CN=C(N)N2c2ccccc2Br)cn1. The van der Waals surface area contributed by atoms with Gasteiger partial charge in [0.1, 0.15) is 0 Å². The van der Waals surface area contributed by atoms with E-state index in [1.165, 1.54) is 0 Å². The van der Waals surface area contributed by atoms with Gasteiger partial charge in [0, 0.05) is 22.8 Å². The quantitative estimate of drug-likeness (QED) is 0.924. The number of hydrogen-bond donors (Lipinski definition) is 1. The Kier molecular flexibility index (Phi) is 3.96. The average Bonchev–Trinajstić information content (AvgIpc) is 3.07. The van der Waals surface area contributed by atoms with Gasteiger partial charge >= 0.3 is 0 Å². The lowest BCUT2D eigenvalue weighted by molar-refractivity contribution is 0.601. The zero-order valence-electron chi connectivity index (χ0n) is 11.9. The van der Waals surface area contributed by atoms with Crippen LogP contribution in [-0.2, 0) is 6.54 Å². The number of nitrogens with zero attached hydrogens (tertiary/aromatic N) is 4. The third-order valence-electron chi connectivity index (χ3n) is 3.59. The van der Waals surface area contributed by atoms with Crippen molar-refractivity contribution in [2.45, 2.75) is 25.9 Å². The first-order valence-electron chi connectivity index (χ1n) is 7.06. The molecule has 1 unspecified atom stereocenters. The van der Waals surface area contributed by atoms with Crippen LogP contribution in [0.25, 0.3) is 0 Å². The van der Waals surface area contributed by atoms with Crippen molar-refractivity contribution in [3.8, 4) is 0 Å². The Labute approximate surface area is 132 Å². The highest BCUT2D eigenvalue weighted by Crippen LogP contribution is 2.35. The van der Waals surface area contributed by atoms with Crippen LogP contribution in [0.3, 0.4) is 0 Å². The van der Waals surface area contributed by atoms with E-state index >= 15 is 0 Å². The summed E-state index contributed by atoms with van der Waals surface area (Å²) in [6.45, 7) is 3.73. The fourth-order valence-corrected chi connectivity index (χ4v) is 3.07. The summed E-state index contributed by atoms with van der Waals surface area (Å²) in [5.41, 5.74) is 8.27. The molecule has 0 saturated carbocycles. The fraction of sp³-hybridized carbons (Fsp3) is 0.333. The molecule has 0 spiro atoms. The second-order valence-electron chi connectivity index (χ2n) is 5.07. The number of benzene rings is 1. The molecule has 0 saturated heterocycles. The van der Waals surface area contributed by atoms with Gasteiger partial charge in [-0.1, -0.05) is 19.1 Å². The molecule has 1 aliphatic heterocycles. The molecule has 110 valence electrons. The van der Waals surface area contributed by atoms with Crippen LogP contribution < -0.4 is 10.6 Å². The maximum Gasteiger partial charge on any atom is 0.196 e. The molecule has 0 bridgehead atoms. The van der Waals surface area contributed by atoms with Crippen LogP contribution in [-0.4, -0.2) is 22.3 Å². The van der Waals surface area contributed by atoms with Crippen LogP contribution in [0.15, 0.2) is 46.1 Å². The van der Waals surface area contributed by atoms with Gasteiger partial charge in [0.15, 0.2) is 5.96 Å². The van der Waals surface area contributed by atoms with E-state index < -0.39 is 0 Å². The standard InChI is InChI=1S/C15H18BrN5/c1-2-7-20-10-11(8-19-20)14-9-18-15(17)21(14)13-6-4-3-5-12(13)16/h3-6,8,10,14H,2,7,9H2,1H3,(H2,17,18). The number of nitrogens with two attached hydrogens (primary N) is 1. The van der Waals surface area contributed by atoms with Crippen LogP contribution in [0, 0.1) is 0 Å². The van der Waals surface area contributed by atoms with Crippen molar-refractivity contribution in [3.05, 3.63) is 46.7 Å². The van der Waals surface area contributed by atoms with Gasteiger partial charge in [-0.3, -0.25) is 9.67 Å². The van der Waals surface area contributed by atoms with E-state index in [1.807, 2.05) is 35.1 Å². The van der Waals surface area contributed by atoms with Crippen molar-refractivity contribution in [2.75, 3.05) is 11.4 Å². The molecule has 2 N–H and O–H groups in total. The Bertz CT molecular complexity index is 664. The Balaban J connectivity index is 1.93. The van der Waals surface area contributed by atoms with E-state index in [0.29, 0.717) is 12.5 Å². The van der Waals surface area contributed by atoms with Crippen molar-refractivity contribution < 1.29 is 0 Å². The van der Waals surface area contributed by atoms with E-state index in [4.69, 9.17) is 5.73 Å². The number of aromatic nitrogens is 2. The van der Waals surface area contributed by atoms with Gasteiger partial charge in [-0.2, -0.15) is 5.10 Å². The molecule has 0 amide bonds. The zero-order chi connectivity index (χ0) is 14.8. The molecule has 6 heteroatoms. The van der Waals surface area contributed by atoms with E-state index in [9.17, 15) is 0 Å². The third kappa shape index (κ3) is 2.68. The minimum atomic E-state index is 0.106. The summed E-state index contributed by atoms with van der Waals surface area (Å²) < 4.78 is 2.98. The second-order valence-corrected chi connectivity index (χ2v) is 5.93. The third-order valence-corrected chi connectivity index (χ3v) is 4.26. The largest absolute Gasteiger partial charge is 0.369 e. The van der Waals surface area contributed by atoms with E-state index in [1.54, 1.807) is 0 Å². The Morgan fingerprint density at radius 2 is 2.19 bits per heavy atom. The summed E-state index contributed by atoms with van der Waals surface area (Å²) in [6, 6.07) is 8.16. The number of para-hydroxylation sites is 1. The molecule has 0 radical (unpaired) electrons. The highest BCUT2D eigenvalue weighted by atomic mass is 79.9. The first kappa shape index (κ1) is 14.1. The molecular formula is C15H18BrN5. The van der Waals surface area contributed by atoms with Gasteiger partial charge in [-0.15, -0.1) is 0 Å². The number of anilines is 1. The zero-order valence-corrected chi connectivity index (χ0v) is 13.5. The van der Waals surface area contributed by atoms with Crippen LogP contribution in [0.4, 0.5) is 5.69 Å². The van der Waals surface area contributed by atoms with Gasteiger partial charge in [0.25, 0.3) is 0 Å². The molecule has 1 aromatic heterocycles. The molecule has 0 fully saturated rings. The highest BCUT2D eigenvalue weighted by Gasteiger charge is 2.30. The first-order valence-corrected chi connectivity index (χ1v) is 7.86. The van der Waals surface area contributed by atoms with Crippen molar-refractivity contribution >= 4 is 27.6 Å². The highest BCUT2D eigenvalue weighted by molar-refractivity contribution is 9.10. The van der Waals surface area contributed by atoms with Crippen molar-refractivity contribution in [1.82, 2.24) is 9.78 Å². The summed E-state index contributed by atoms with van der Waals surface area (Å²) >= 11 is 3.59. The lowest BCUT2D eigenvalue weighted by Gasteiger charge is -2.26. The number of rotatable bonds is 4. The van der Waals surface area contributed by atoms with Gasteiger partial charge in [-0.05, 0) is 34.5 Å². The van der Waals surface area contributed by atoms with Crippen LogP contribution in [0.5, 0.6) is 0 Å². The van der Waals surface area contributed by atoms with Crippen LogP contribution >= 0.6 is 15.9 Å². The summed E-state index contributed by atoms with van der Waals surface area (Å²) in [6.07, 6.45) is 5.07. The number of aliphatic imine (C=N–C) groups is 1. The molecule has 1 atom stereocenters. The summed E-state index contributed by atoms with van der Waals surface area (Å²) in [4.78, 5) is 6.48. The average molecular weight is 348 g/mol. The molecule has 2 aromatic rings. The van der Waals surface area contributed by atoms with Gasteiger partial charge in [0.05, 0.1) is 24.5 Å². The summed E-state index contributed by atoms with van der Waals surface area (Å²) in [5.74, 6) is 0.551. The fourth-order valence-electron chi connectivity index (χ4n) is 2.59. The van der Waals surface area contributed by atoms with Crippen LogP contribution in [0.2, 0.25) is 0 Å². The maximum atomic E-state index is 6.10. The number of halogens is 1. The van der Waals surface area contributed by atoms with E-state index in [0.717, 1.165) is 28.7 Å². The Morgan fingerprint density at radius 3 is 2.95 bits per heavy atom. The molecule has 0 aliphatic carbocycles. The molecule has 21 heavy (non-hydrogen) atoms. The van der Waals surface area contributed by atoms with Crippen molar-refractivity contribution in [1.29, 1.82) is 0 Å².